The van der Waals surface area contributed by atoms with Crippen LogP contribution in [-0.4, -0.2) is 10.1 Å². The molecule has 16 heavy (non-hydrogen) atoms. The summed E-state index contributed by atoms with van der Waals surface area (Å²) in [4.78, 5) is 2.87. The summed E-state index contributed by atoms with van der Waals surface area (Å²) in [7, 11) is 0. The summed E-state index contributed by atoms with van der Waals surface area (Å²) in [5, 5.41) is 9.49. The van der Waals surface area contributed by atoms with Crippen LogP contribution in [0.2, 0.25) is 0 Å². The van der Waals surface area contributed by atoms with Gasteiger partial charge in [0.15, 0.2) is 0 Å². The van der Waals surface area contributed by atoms with Gasteiger partial charge in [-0.15, -0.1) is 0 Å². The number of hydrogen-bond donors (Lipinski definition) is 2. The minimum absolute atomic E-state index is 0.206. The first kappa shape index (κ1) is 11.0. The lowest BCUT2D eigenvalue weighted by Gasteiger charge is -2.06. The number of benzene rings is 1. The molecule has 0 amide bonds. The lowest BCUT2D eigenvalue weighted by molar-refractivity contribution is -0.137. The maximum atomic E-state index is 12.5. The number of aromatic nitrogens is 1. The molecule has 0 aliphatic carbocycles. The Morgan fingerprint density at radius 1 is 1.31 bits per heavy atom. The number of halogens is 3. The Kier molecular flexibility index (Phi) is 2.42. The number of aromatic amines is 1. The summed E-state index contributed by atoms with van der Waals surface area (Å²) in [5.74, 6) is 0. The van der Waals surface area contributed by atoms with Crippen molar-refractivity contribution in [1.82, 2.24) is 4.98 Å². The van der Waals surface area contributed by atoms with Gasteiger partial charge in [0.25, 0.3) is 0 Å². The highest BCUT2D eigenvalue weighted by Gasteiger charge is 2.30. The number of fused-ring (bicyclic) bond motifs is 1. The first-order valence-corrected chi connectivity index (χ1v) is 4.72. The predicted molar refractivity (Wildman–Crippen MR) is 54.0 cm³/mol. The van der Waals surface area contributed by atoms with E-state index in [4.69, 9.17) is 5.11 Å². The molecule has 0 bridgehead atoms. The van der Waals surface area contributed by atoms with Gasteiger partial charge in [-0.2, -0.15) is 13.2 Å². The van der Waals surface area contributed by atoms with E-state index < -0.39 is 11.7 Å². The first-order chi connectivity index (χ1) is 7.43. The maximum Gasteiger partial charge on any atom is 0.416 e. The van der Waals surface area contributed by atoms with E-state index >= 15 is 0 Å². The van der Waals surface area contributed by atoms with Crippen LogP contribution in [0.3, 0.4) is 0 Å². The molecule has 0 radical (unpaired) electrons. The first-order valence-electron chi connectivity index (χ1n) is 4.72. The largest absolute Gasteiger partial charge is 0.416 e. The summed E-state index contributed by atoms with van der Waals surface area (Å²) < 4.78 is 37.4. The Morgan fingerprint density at radius 3 is 2.56 bits per heavy atom. The van der Waals surface area contributed by atoms with Crippen molar-refractivity contribution < 1.29 is 18.3 Å². The van der Waals surface area contributed by atoms with Gasteiger partial charge in [-0.25, -0.2) is 0 Å². The van der Waals surface area contributed by atoms with E-state index in [2.05, 4.69) is 4.98 Å². The van der Waals surface area contributed by atoms with Crippen LogP contribution >= 0.6 is 0 Å². The molecule has 0 unspecified atom stereocenters. The van der Waals surface area contributed by atoms with Crippen LogP contribution in [0.1, 0.15) is 16.8 Å². The molecule has 86 valence electrons. The lowest BCUT2D eigenvalue weighted by Crippen LogP contribution is -2.04. The van der Waals surface area contributed by atoms with E-state index in [-0.39, 0.29) is 6.61 Å². The number of H-pyrrole nitrogens is 1. The molecule has 2 N–H and O–H groups in total. The Labute approximate surface area is 89.7 Å². The number of hydrogen-bond acceptors (Lipinski definition) is 1. The minimum atomic E-state index is -4.34. The third-order valence-corrected chi connectivity index (χ3v) is 2.65. The molecule has 0 aliphatic heterocycles. The van der Waals surface area contributed by atoms with Crippen molar-refractivity contribution >= 4 is 10.9 Å². The number of nitrogens with one attached hydrogen (secondary N) is 1. The van der Waals surface area contributed by atoms with Gasteiger partial charge in [0.2, 0.25) is 0 Å². The number of aryl methyl sites for hydroxylation is 1. The highest BCUT2D eigenvalue weighted by molar-refractivity contribution is 5.85. The Balaban J connectivity index is 2.66. The number of aliphatic hydroxyl groups is 1. The quantitative estimate of drug-likeness (QED) is 0.774. The smallest absolute Gasteiger partial charge is 0.390 e. The van der Waals surface area contributed by atoms with Gasteiger partial charge < -0.3 is 10.1 Å². The number of alkyl halides is 3. The second-order valence-corrected chi connectivity index (χ2v) is 3.64. The molecule has 0 saturated heterocycles. The molecule has 2 nitrogen and oxygen atoms in total. The van der Waals surface area contributed by atoms with Crippen LogP contribution in [0.5, 0.6) is 0 Å². The minimum Gasteiger partial charge on any atom is -0.390 e. The number of aliphatic hydroxyl groups excluding tert-OH is 1. The summed E-state index contributed by atoms with van der Waals surface area (Å²) in [6.07, 6.45) is -4.34. The number of rotatable bonds is 1. The zero-order valence-electron chi connectivity index (χ0n) is 8.52. The van der Waals surface area contributed by atoms with Crippen molar-refractivity contribution in [2.45, 2.75) is 19.7 Å². The van der Waals surface area contributed by atoms with Gasteiger partial charge in [0.05, 0.1) is 12.2 Å². The molecule has 0 saturated carbocycles. The lowest BCUT2D eigenvalue weighted by atomic mass is 10.1. The zero-order chi connectivity index (χ0) is 11.9. The molecule has 2 rings (SSSR count). The van der Waals surface area contributed by atoms with Gasteiger partial charge in [-0.1, -0.05) is 0 Å². The highest BCUT2D eigenvalue weighted by Crippen LogP contribution is 2.32. The standard InChI is InChI=1S/C11H10F3NO/c1-6-8-4-7(11(12,13)14)2-3-9(8)15-10(6)5-16/h2-4,15-16H,5H2,1H3. The van der Waals surface area contributed by atoms with Crippen molar-refractivity contribution in [3.8, 4) is 0 Å². The van der Waals surface area contributed by atoms with Gasteiger partial charge in [0.1, 0.15) is 0 Å². The molecule has 1 heterocycles. The molecular formula is C11H10F3NO. The van der Waals surface area contributed by atoms with Crippen molar-refractivity contribution in [1.29, 1.82) is 0 Å². The van der Waals surface area contributed by atoms with E-state index in [1.165, 1.54) is 6.07 Å². The highest BCUT2D eigenvalue weighted by atomic mass is 19.4. The van der Waals surface area contributed by atoms with Gasteiger partial charge >= 0.3 is 6.18 Å². The Bertz CT molecular complexity index is 528. The molecule has 0 fully saturated rings. The van der Waals surface area contributed by atoms with Crippen LogP contribution in [0.15, 0.2) is 18.2 Å². The van der Waals surface area contributed by atoms with Crippen LogP contribution in [0.25, 0.3) is 10.9 Å². The fourth-order valence-corrected chi connectivity index (χ4v) is 1.72. The second-order valence-electron chi connectivity index (χ2n) is 3.64. The fourth-order valence-electron chi connectivity index (χ4n) is 1.72. The third-order valence-electron chi connectivity index (χ3n) is 2.65. The van der Waals surface area contributed by atoms with E-state index in [1.54, 1.807) is 6.92 Å². The van der Waals surface area contributed by atoms with Crippen LogP contribution < -0.4 is 0 Å². The summed E-state index contributed by atoms with van der Waals surface area (Å²) in [6, 6.07) is 3.50. The fraction of sp³-hybridized carbons (Fsp3) is 0.273. The molecule has 0 atom stereocenters. The van der Waals surface area contributed by atoms with Gasteiger partial charge in [0, 0.05) is 16.6 Å². The van der Waals surface area contributed by atoms with Crippen molar-refractivity contribution in [2.75, 3.05) is 0 Å². The summed E-state index contributed by atoms with van der Waals surface area (Å²) >= 11 is 0. The van der Waals surface area contributed by atoms with E-state index in [9.17, 15) is 13.2 Å². The molecule has 1 aromatic carbocycles. The van der Waals surface area contributed by atoms with E-state index in [0.29, 0.717) is 22.2 Å². The monoisotopic (exact) mass is 229 g/mol. The Hall–Kier alpha value is -1.49. The summed E-state index contributed by atoms with van der Waals surface area (Å²) in [5.41, 5.74) is 1.14. The van der Waals surface area contributed by atoms with Crippen molar-refractivity contribution in [3.63, 3.8) is 0 Å². The van der Waals surface area contributed by atoms with Gasteiger partial charge in [-0.3, -0.25) is 0 Å². The zero-order valence-corrected chi connectivity index (χ0v) is 8.52. The predicted octanol–water partition coefficient (Wildman–Crippen LogP) is 2.99. The van der Waals surface area contributed by atoms with Crippen molar-refractivity contribution in [3.05, 3.63) is 35.0 Å². The average molecular weight is 229 g/mol. The van der Waals surface area contributed by atoms with E-state index in [1.807, 2.05) is 0 Å². The second kappa shape index (κ2) is 3.52. The van der Waals surface area contributed by atoms with Gasteiger partial charge in [-0.05, 0) is 30.7 Å². The summed E-state index contributed by atoms with van der Waals surface area (Å²) in [6.45, 7) is 1.48. The molecular weight excluding hydrogens is 219 g/mol. The molecule has 1 aromatic heterocycles. The average Bonchev–Trinajstić information content (AvgIpc) is 2.54. The van der Waals surface area contributed by atoms with Crippen LogP contribution in [-0.2, 0) is 12.8 Å². The SMILES string of the molecule is Cc1c(CO)[nH]c2ccc(C(F)(F)F)cc12. The van der Waals surface area contributed by atoms with Crippen LogP contribution in [0.4, 0.5) is 13.2 Å². The molecule has 0 aliphatic rings. The van der Waals surface area contributed by atoms with Crippen molar-refractivity contribution in [2.24, 2.45) is 0 Å². The molecule has 0 spiro atoms. The molecule has 5 heteroatoms. The van der Waals surface area contributed by atoms with Crippen LogP contribution in [0, 0.1) is 6.92 Å². The maximum absolute atomic E-state index is 12.5. The third kappa shape index (κ3) is 1.67. The molecule has 2 aromatic rings. The topological polar surface area (TPSA) is 36.0 Å². The van der Waals surface area contributed by atoms with E-state index in [0.717, 1.165) is 12.1 Å². The Morgan fingerprint density at radius 2 is 2.00 bits per heavy atom. The normalized spacial score (nSPS) is 12.3.